The van der Waals surface area contributed by atoms with Gasteiger partial charge in [-0.1, -0.05) is 204 Å². The fraction of sp³-hybridized carbons (Fsp3) is 0.837. The summed E-state index contributed by atoms with van der Waals surface area (Å²) in [5, 5.41) is 8.86. The minimum Gasteiger partial charge on any atom is -0.481 e. The number of carbonyl (C=O) groups is 2. The molecule has 4 nitrogen and oxygen atoms in total. The van der Waals surface area contributed by atoms with Gasteiger partial charge in [0.2, 0.25) is 0 Å². The number of esters is 1. The predicted octanol–water partition coefficient (Wildman–Crippen LogP) is 16.5. The highest BCUT2D eigenvalue weighted by molar-refractivity contribution is 5.69. The summed E-state index contributed by atoms with van der Waals surface area (Å²) in [6.45, 7) is 4.54. The van der Waals surface area contributed by atoms with Gasteiger partial charge in [0.25, 0.3) is 0 Å². The van der Waals surface area contributed by atoms with Gasteiger partial charge in [-0.3, -0.25) is 9.59 Å². The summed E-state index contributed by atoms with van der Waals surface area (Å²) in [4.78, 5) is 23.5. The van der Waals surface area contributed by atoms with Crippen molar-refractivity contribution < 1.29 is 19.4 Å². The van der Waals surface area contributed by atoms with Crippen LogP contribution in [0.4, 0.5) is 0 Å². The van der Waals surface area contributed by atoms with Crippen molar-refractivity contribution in [1.29, 1.82) is 0 Å². The summed E-state index contributed by atoms with van der Waals surface area (Å²) in [5.41, 5.74) is 0. The molecule has 0 aromatic heterocycles. The monoisotopic (exact) mass is 743 g/mol. The average Bonchev–Trinajstić information content (AvgIpc) is 3.14. The fourth-order valence-electron chi connectivity index (χ4n) is 7.13. The maximum absolute atomic E-state index is 12.8. The molecule has 0 aliphatic carbocycles. The van der Waals surface area contributed by atoms with Gasteiger partial charge in [-0.2, -0.15) is 0 Å². The number of hydrogen-bond donors (Lipinski definition) is 1. The van der Waals surface area contributed by atoms with Gasteiger partial charge in [-0.05, 0) is 77.0 Å². The zero-order chi connectivity index (χ0) is 38.6. The number of ether oxygens (including phenoxy) is 1. The zero-order valence-electron chi connectivity index (χ0n) is 35.6. The van der Waals surface area contributed by atoms with E-state index in [1.54, 1.807) is 0 Å². The summed E-state index contributed by atoms with van der Waals surface area (Å²) >= 11 is 0. The van der Waals surface area contributed by atoms with Crippen molar-refractivity contribution in [3.63, 3.8) is 0 Å². The second-order valence-corrected chi connectivity index (χ2v) is 15.9. The average molecular weight is 743 g/mol. The third kappa shape index (κ3) is 44.4. The van der Waals surface area contributed by atoms with Crippen molar-refractivity contribution >= 4 is 11.9 Å². The molecule has 0 aliphatic heterocycles. The Kier molecular flexibility index (Phi) is 43.0. The SMILES string of the molecule is CCCCC/C=C\C/C=C\C/C=C\CCCCCCCCC(=O)OC(CCCCCCCCCCCCCCCCCC)CCCCCCCC(=O)O. The van der Waals surface area contributed by atoms with Gasteiger partial charge >= 0.3 is 11.9 Å². The van der Waals surface area contributed by atoms with Gasteiger partial charge in [0, 0.05) is 12.8 Å². The summed E-state index contributed by atoms with van der Waals surface area (Å²) in [7, 11) is 0. The van der Waals surface area contributed by atoms with E-state index >= 15 is 0 Å². The second kappa shape index (κ2) is 44.6. The third-order valence-electron chi connectivity index (χ3n) is 10.6. The molecule has 0 aliphatic rings. The van der Waals surface area contributed by atoms with Crippen LogP contribution in [0.1, 0.15) is 258 Å². The van der Waals surface area contributed by atoms with E-state index in [0.29, 0.717) is 6.42 Å². The molecular weight excluding hydrogens is 653 g/mol. The molecule has 1 unspecified atom stereocenters. The van der Waals surface area contributed by atoms with E-state index in [2.05, 4.69) is 50.3 Å². The number of aliphatic carboxylic acids is 1. The highest BCUT2D eigenvalue weighted by Gasteiger charge is 2.14. The number of carbonyl (C=O) groups excluding carboxylic acids is 1. The van der Waals surface area contributed by atoms with Crippen LogP contribution in [0.3, 0.4) is 0 Å². The Morgan fingerprint density at radius 2 is 0.736 bits per heavy atom. The summed E-state index contributed by atoms with van der Waals surface area (Å²) in [6, 6.07) is 0. The van der Waals surface area contributed by atoms with Gasteiger partial charge in [0.05, 0.1) is 0 Å². The predicted molar refractivity (Wildman–Crippen MR) is 232 cm³/mol. The number of carboxylic acids is 1. The molecule has 0 saturated heterocycles. The van der Waals surface area contributed by atoms with Crippen molar-refractivity contribution in [2.45, 2.75) is 264 Å². The molecule has 0 bridgehead atoms. The molecule has 1 N–H and O–H groups in total. The molecule has 53 heavy (non-hydrogen) atoms. The Labute approximate surface area is 330 Å². The Morgan fingerprint density at radius 3 is 1.17 bits per heavy atom. The molecule has 0 aromatic rings. The van der Waals surface area contributed by atoms with Crippen molar-refractivity contribution in [2.24, 2.45) is 0 Å². The quantitative estimate of drug-likeness (QED) is 0.0384. The van der Waals surface area contributed by atoms with Crippen LogP contribution in [0.2, 0.25) is 0 Å². The lowest BCUT2D eigenvalue weighted by Crippen LogP contribution is -2.18. The summed E-state index contributed by atoms with van der Waals surface area (Å²) in [6.07, 6.45) is 58.9. The van der Waals surface area contributed by atoms with Gasteiger partial charge in [0.15, 0.2) is 0 Å². The molecular formula is C49H90O4. The maximum atomic E-state index is 12.8. The van der Waals surface area contributed by atoms with E-state index in [0.717, 1.165) is 77.0 Å². The van der Waals surface area contributed by atoms with E-state index < -0.39 is 5.97 Å². The van der Waals surface area contributed by atoms with Crippen molar-refractivity contribution in [3.05, 3.63) is 36.5 Å². The molecule has 0 spiro atoms. The molecule has 310 valence electrons. The van der Waals surface area contributed by atoms with Crippen LogP contribution in [0.25, 0.3) is 0 Å². The molecule has 0 amide bonds. The third-order valence-corrected chi connectivity index (χ3v) is 10.6. The van der Waals surface area contributed by atoms with Crippen LogP contribution >= 0.6 is 0 Å². The van der Waals surface area contributed by atoms with E-state index in [4.69, 9.17) is 9.84 Å². The first-order chi connectivity index (χ1) is 26.1. The van der Waals surface area contributed by atoms with Crippen LogP contribution in [0, 0.1) is 0 Å². The van der Waals surface area contributed by atoms with E-state index in [1.807, 2.05) is 0 Å². The standard InChI is InChI=1S/C49H90O4/c1-3-5-7-9-11-13-15-17-19-21-22-23-25-27-29-31-33-38-42-46-49(52)53-47(44-40-36-34-37-41-45-48(50)51)43-39-35-32-30-28-26-24-20-18-16-14-12-10-8-6-4-2/h11,13,17,19,22-23,47H,3-10,12,14-16,18,20-21,24-46H2,1-2H3,(H,50,51)/b13-11-,19-17-,23-22-. The Hall–Kier alpha value is -1.84. The smallest absolute Gasteiger partial charge is 0.306 e. The van der Waals surface area contributed by atoms with Crippen LogP contribution in [0.15, 0.2) is 36.5 Å². The summed E-state index contributed by atoms with van der Waals surface area (Å²) in [5.74, 6) is -0.704. The number of carboxylic acid groups (broad SMARTS) is 1. The lowest BCUT2D eigenvalue weighted by atomic mass is 10.0. The van der Waals surface area contributed by atoms with Gasteiger partial charge < -0.3 is 9.84 Å². The van der Waals surface area contributed by atoms with Crippen LogP contribution < -0.4 is 0 Å². The first kappa shape index (κ1) is 51.2. The van der Waals surface area contributed by atoms with E-state index in [1.165, 1.54) is 154 Å². The normalized spacial score (nSPS) is 12.5. The number of unbranched alkanes of at least 4 members (excludes halogenated alkanes) is 28. The van der Waals surface area contributed by atoms with Crippen molar-refractivity contribution in [1.82, 2.24) is 0 Å². The number of hydrogen-bond acceptors (Lipinski definition) is 3. The van der Waals surface area contributed by atoms with E-state index in [-0.39, 0.29) is 18.5 Å². The lowest BCUT2D eigenvalue weighted by molar-refractivity contribution is -0.150. The van der Waals surface area contributed by atoms with E-state index in [9.17, 15) is 9.59 Å². The first-order valence-corrected chi connectivity index (χ1v) is 23.5. The minimum absolute atomic E-state index is 0.00451. The highest BCUT2D eigenvalue weighted by Crippen LogP contribution is 2.19. The van der Waals surface area contributed by atoms with Crippen LogP contribution in [-0.2, 0) is 14.3 Å². The molecule has 0 saturated carbocycles. The van der Waals surface area contributed by atoms with Gasteiger partial charge in [-0.15, -0.1) is 0 Å². The first-order valence-electron chi connectivity index (χ1n) is 23.5. The molecule has 0 heterocycles. The van der Waals surface area contributed by atoms with Gasteiger partial charge in [-0.25, -0.2) is 0 Å². The molecule has 0 radical (unpaired) electrons. The largest absolute Gasteiger partial charge is 0.481 e. The lowest BCUT2D eigenvalue weighted by Gasteiger charge is -2.18. The molecule has 0 rings (SSSR count). The highest BCUT2D eigenvalue weighted by atomic mass is 16.5. The molecule has 0 aromatic carbocycles. The minimum atomic E-state index is -0.699. The van der Waals surface area contributed by atoms with Crippen LogP contribution in [-0.4, -0.2) is 23.1 Å². The molecule has 4 heteroatoms. The second-order valence-electron chi connectivity index (χ2n) is 15.9. The Morgan fingerprint density at radius 1 is 0.415 bits per heavy atom. The number of allylic oxidation sites excluding steroid dienone is 6. The number of rotatable bonds is 43. The Balaban J connectivity index is 4.01. The summed E-state index contributed by atoms with van der Waals surface area (Å²) < 4.78 is 6.04. The zero-order valence-corrected chi connectivity index (χ0v) is 35.6. The Bertz CT molecular complexity index is 843. The van der Waals surface area contributed by atoms with Crippen LogP contribution in [0.5, 0.6) is 0 Å². The molecule has 0 fully saturated rings. The topological polar surface area (TPSA) is 63.6 Å². The van der Waals surface area contributed by atoms with Crippen molar-refractivity contribution in [3.8, 4) is 0 Å². The molecule has 1 atom stereocenters. The fourth-order valence-corrected chi connectivity index (χ4v) is 7.13. The van der Waals surface area contributed by atoms with Crippen molar-refractivity contribution in [2.75, 3.05) is 0 Å². The maximum Gasteiger partial charge on any atom is 0.306 e. The van der Waals surface area contributed by atoms with Gasteiger partial charge in [0.1, 0.15) is 6.10 Å².